The normalized spacial score (nSPS) is 10.9. The van der Waals surface area contributed by atoms with Crippen LogP contribution in [0.5, 0.6) is 6.01 Å². The summed E-state index contributed by atoms with van der Waals surface area (Å²) in [6.45, 7) is 0.284. The molecule has 11 nitrogen and oxygen atoms in total. The number of pyridine rings is 1. The van der Waals surface area contributed by atoms with E-state index in [1.165, 1.54) is 4.68 Å². The van der Waals surface area contributed by atoms with Gasteiger partial charge in [0.25, 0.3) is 5.95 Å². The summed E-state index contributed by atoms with van der Waals surface area (Å²) in [5.74, 6) is 0.818. The van der Waals surface area contributed by atoms with Gasteiger partial charge in [-0.25, -0.2) is 19.0 Å². The Hall–Kier alpha value is -4.80. The van der Waals surface area contributed by atoms with Crippen LogP contribution in [0.1, 0.15) is 11.3 Å². The molecule has 3 heterocycles. The molecular weight excluding hydrogens is 436 g/mol. The summed E-state index contributed by atoms with van der Waals surface area (Å²) in [6.07, 6.45) is -0.592. The van der Waals surface area contributed by atoms with Gasteiger partial charge >= 0.3 is 12.1 Å². The van der Waals surface area contributed by atoms with Crippen LogP contribution in [0.25, 0.3) is 17.0 Å². The van der Waals surface area contributed by atoms with Crippen LogP contribution in [-0.2, 0) is 25.0 Å². The SMILES string of the molecule is Cn1nnnc1-n1c(OCc2cccc(NC(=O)OCc3ccccc3)n2)nc2ccccc21. The summed E-state index contributed by atoms with van der Waals surface area (Å²) in [4.78, 5) is 21.1. The second kappa shape index (κ2) is 9.36. The van der Waals surface area contributed by atoms with Crippen molar-refractivity contribution in [3.05, 3.63) is 84.1 Å². The number of fused-ring (bicyclic) bond motifs is 1. The molecule has 11 heteroatoms. The molecule has 34 heavy (non-hydrogen) atoms. The number of nitrogens with one attached hydrogen (secondary N) is 1. The molecule has 1 amide bonds. The fourth-order valence-electron chi connectivity index (χ4n) is 3.34. The summed E-state index contributed by atoms with van der Waals surface area (Å²) >= 11 is 0. The Balaban J connectivity index is 1.29. The van der Waals surface area contributed by atoms with Gasteiger partial charge in [-0.05, 0) is 40.3 Å². The van der Waals surface area contributed by atoms with Crippen LogP contribution in [0.4, 0.5) is 10.6 Å². The number of imidazole rings is 1. The summed E-state index contributed by atoms with van der Waals surface area (Å²) in [5.41, 5.74) is 3.04. The molecular formula is C23H20N8O3. The molecule has 3 aromatic heterocycles. The molecule has 0 bridgehead atoms. The van der Waals surface area contributed by atoms with E-state index in [0.717, 1.165) is 16.6 Å². The number of aromatic nitrogens is 7. The number of aryl methyl sites for hydroxylation is 1. The third-order valence-electron chi connectivity index (χ3n) is 4.93. The number of carbonyl (C=O) groups excluding carboxylic acids is 1. The molecule has 0 saturated carbocycles. The van der Waals surface area contributed by atoms with E-state index < -0.39 is 6.09 Å². The average molecular weight is 456 g/mol. The summed E-state index contributed by atoms with van der Waals surface area (Å²) in [7, 11) is 1.74. The highest BCUT2D eigenvalue weighted by atomic mass is 16.5. The maximum absolute atomic E-state index is 12.1. The van der Waals surface area contributed by atoms with Crippen molar-refractivity contribution >= 4 is 22.9 Å². The van der Waals surface area contributed by atoms with Gasteiger partial charge in [-0.1, -0.05) is 53.6 Å². The maximum Gasteiger partial charge on any atom is 0.413 e. The fourth-order valence-corrected chi connectivity index (χ4v) is 3.34. The van der Waals surface area contributed by atoms with Gasteiger partial charge in [-0.2, -0.15) is 4.98 Å². The molecule has 0 aliphatic heterocycles. The van der Waals surface area contributed by atoms with Crippen molar-refractivity contribution in [2.45, 2.75) is 13.2 Å². The lowest BCUT2D eigenvalue weighted by Crippen LogP contribution is -2.15. The third kappa shape index (κ3) is 4.53. The highest BCUT2D eigenvalue weighted by Crippen LogP contribution is 2.25. The molecule has 0 spiro atoms. The van der Waals surface area contributed by atoms with E-state index in [-0.39, 0.29) is 13.2 Å². The minimum Gasteiger partial charge on any atom is -0.458 e. The highest BCUT2D eigenvalue weighted by Gasteiger charge is 2.18. The molecule has 0 atom stereocenters. The monoisotopic (exact) mass is 456 g/mol. The summed E-state index contributed by atoms with van der Waals surface area (Å²) < 4.78 is 14.5. The molecule has 5 rings (SSSR count). The van der Waals surface area contributed by atoms with E-state index in [2.05, 4.69) is 30.8 Å². The first-order valence-electron chi connectivity index (χ1n) is 10.4. The molecule has 0 unspecified atom stereocenters. The first-order valence-corrected chi connectivity index (χ1v) is 10.4. The van der Waals surface area contributed by atoms with Gasteiger partial charge in [-0.3, -0.25) is 5.32 Å². The van der Waals surface area contributed by atoms with Crippen molar-refractivity contribution in [1.29, 1.82) is 0 Å². The topological polar surface area (TPSA) is 122 Å². The quantitative estimate of drug-likeness (QED) is 0.396. The molecule has 5 aromatic rings. The van der Waals surface area contributed by atoms with Crippen LogP contribution in [0, 0.1) is 0 Å². The number of hydrogen-bond donors (Lipinski definition) is 1. The maximum atomic E-state index is 12.1. The van der Waals surface area contributed by atoms with Crippen LogP contribution in [0.2, 0.25) is 0 Å². The van der Waals surface area contributed by atoms with Crippen LogP contribution in [0.15, 0.2) is 72.8 Å². The lowest BCUT2D eigenvalue weighted by molar-refractivity contribution is 0.155. The minimum atomic E-state index is -0.592. The fraction of sp³-hybridized carbons (Fsp3) is 0.130. The van der Waals surface area contributed by atoms with Gasteiger partial charge in [-0.15, -0.1) is 0 Å². The van der Waals surface area contributed by atoms with Gasteiger partial charge in [0.2, 0.25) is 0 Å². The number of anilines is 1. The van der Waals surface area contributed by atoms with Gasteiger partial charge in [0, 0.05) is 7.05 Å². The van der Waals surface area contributed by atoms with Crippen molar-refractivity contribution in [3.8, 4) is 12.0 Å². The Kier molecular flexibility index (Phi) is 5.80. The zero-order valence-corrected chi connectivity index (χ0v) is 18.2. The van der Waals surface area contributed by atoms with Crippen molar-refractivity contribution in [1.82, 2.24) is 34.7 Å². The molecule has 0 aliphatic carbocycles. The average Bonchev–Trinajstić information content (AvgIpc) is 3.44. The molecule has 0 saturated heterocycles. The lowest BCUT2D eigenvalue weighted by Gasteiger charge is -2.10. The number of amides is 1. The number of benzene rings is 2. The standard InChI is InChI=1S/C23H20N8O3/c1-30-21(27-28-29-30)31-19-12-6-5-11-18(19)25-22(31)33-15-17-10-7-13-20(24-17)26-23(32)34-14-16-8-3-2-4-9-16/h2-13H,14-15H2,1H3,(H,24,26,32). The van der Waals surface area contributed by atoms with E-state index in [4.69, 9.17) is 9.47 Å². The second-order valence-corrected chi connectivity index (χ2v) is 7.31. The molecule has 0 radical (unpaired) electrons. The Morgan fingerprint density at radius 1 is 0.941 bits per heavy atom. The van der Waals surface area contributed by atoms with E-state index in [1.54, 1.807) is 29.8 Å². The highest BCUT2D eigenvalue weighted by molar-refractivity contribution is 5.83. The predicted molar refractivity (Wildman–Crippen MR) is 122 cm³/mol. The Bertz CT molecular complexity index is 1430. The molecule has 0 aliphatic rings. The zero-order valence-electron chi connectivity index (χ0n) is 18.2. The van der Waals surface area contributed by atoms with Crippen molar-refractivity contribution in [2.75, 3.05) is 5.32 Å². The Labute approximate surface area is 194 Å². The summed E-state index contributed by atoms with van der Waals surface area (Å²) in [6, 6.07) is 22.6. The first kappa shape index (κ1) is 21.1. The smallest absolute Gasteiger partial charge is 0.413 e. The predicted octanol–water partition coefficient (Wildman–Crippen LogP) is 3.27. The Morgan fingerprint density at radius 3 is 2.59 bits per heavy atom. The lowest BCUT2D eigenvalue weighted by atomic mass is 10.2. The van der Waals surface area contributed by atoms with Crippen molar-refractivity contribution in [2.24, 2.45) is 7.05 Å². The molecule has 0 fully saturated rings. The molecule has 2 aromatic carbocycles. The van der Waals surface area contributed by atoms with Gasteiger partial charge in [0.1, 0.15) is 19.0 Å². The van der Waals surface area contributed by atoms with Crippen molar-refractivity contribution < 1.29 is 14.3 Å². The van der Waals surface area contributed by atoms with E-state index >= 15 is 0 Å². The number of carbonyl (C=O) groups is 1. The third-order valence-corrected chi connectivity index (χ3v) is 4.93. The van der Waals surface area contributed by atoms with Crippen molar-refractivity contribution in [3.63, 3.8) is 0 Å². The number of hydrogen-bond acceptors (Lipinski definition) is 8. The van der Waals surface area contributed by atoms with Crippen LogP contribution < -0.4 is 10.1 Å². The minimum absolute atomic E-state index is 0.114. The first-order chi connectivity index (χ1) is 16.7. The molecule has 1 N–H and O–H groups in total. The van der Waals surface area contributed by atoms with Crippen LogP contribution >= 0.6 is 0 Å². The second-order valence-electron chi connectivity index (χ2n) is 7.31. The van der Waals surface area contributed by atoms with Crippen LogP contribution in [-0.4, -0.2) is 40.8 Å². The van der Waals surface area contributed by atoms with E-state index in [0.29, 0.717) is 23.5 Å². The number of ether oxygens (including phenoxy) is 2. The largest absolute Gasteiger partial charge is 0.458 e. The Morgan fingerprint density at radius 2 is 1.76 bits per heavy atom. The van der Waals surface area contributed by atoms with Gasteiger partial charge < -0.3 is 9.47 Å². The van der Waals surface area contributed by atoms with E-state index in [1.807, 2.05) is 54.6 Å². The number of tetrazole rings is 1. The number of nitrogens with zero attached hydrogens (tertiary/aromatic N) is 7. The van der Waals surface area contributed by atoms with E-state index in [9.17, 15) is 4.79 Å². The van der Waals surface area contributed by atoms with Crippen LogP contribution in [0.3, 0.4) is 0 Å². The number of rotatable bonds is 7. The zero-order chi connectivity index (χ0) is 23.3. The number of para-hydroxylation sites is 2. The molecule has 170 valence electrons. The van der Waals surface area contributed by atoms with Gasteiger partial charge in [0.05, 0.1) is 16.7 Å². The van der Waals surface area contributed by atoms with Gasteiger partial charge in [0.15, 0.2) is 0 Å². The summed E-state index contributed by atoms with van der Waals surface area (Å²) in [5, 5.41) is 14.3.